The maximum atomic E-state index is 5.69. The Morgan fingerprint density at radius 3 is 2.62 bits per heavy atom. The Hall–Kier alpha value is -1.61. The SMILES string of the molecule is Brc1ccc2nc(-c3ccccc3)oc2c1. The number of benzene rings is 2. The van der Waals surface area contributed by atoms with Crippen LogP contribution in [0.15, 0.2) is 57.4 Å². The predicted molar refractivity (Wildman–Crippen MR) is 67.1 cm³/mol. The van der Waals surface area contributed by atoms with Gasteiger partial charge in [0, 0.05) is 10.0 Å². The first-order valence-corrected chi connectivity index (χ1v) is 5.74. The van der Waals surface area contributed by atoms with E-state index in [2.05, 4.69) is 20.9 Å². The molecule has 0 amide bonds. The van der Waals surface area contributed by atoms with Crippen LogP contribution in [-0.2, 0) is 0 Å². The van der Waals surface area contributed by atoms with Gasteiger partial charge in [0.15, 0.2) is 5.58 Å². The minimum absolute atomic E-state index is 0.661. The number of rotatable bonds is 1. The number of nitrogens with zero attached hydrogens (tertiary/aromatic N) is 1. The second-order valence-electron chi connectivity index (χ2n) is 3.50. The Morgan fingerprint density at radius 1 is 1.00 bits per heavy atom. The van der Waals surface area contributed by atoms with Gasteiger partial charge in [0.1, 0.15) is 5.52 Å². The van der Waals surface area contributed by atoms with E-state index < -0.39 is 0 Å². The Kier molecular flexibility index (Phi) is 2.26. The molecule has 0 bridgehead atoms. The van der Waals surface area contributed by atoms with Crippen LogP contribution in [-0.4, -0.2) is 4.98 Å². The van der Waals surface area contributed by atoms with Crippen LogP contribution in [0, 0.1) is 0 Å². The summed E-state index contributed by atoms with van der Waals surface area (Å²) >= 11 is 3.41. The van der Waals surface area contributed by atoms with E-state index in [1.54, 1.807) is 0 Å². The second-order valence-corrected chi connectivity index (χ2v) is 4.41. The van der Waals surface area contributed by atoms with Gasteiger partial charge in [-0.25, -0.2) is 4.98 Å². The summed E-state index contributed by atoms with van der Waals surface area (Å²) in [6.07, 6.45) is 0. The molecule has 1 heterocycles. The molecule has 16 heavy (non-hydrogen) atoms. The van der Waals surface area contributed by atoms with Crippen LogP contribution in [0.2, 0.25) is 0 Å². The summed E-state index contributed by atoms with van der Waals surface area (Å²) in [6.45, 7) is 0. The summed E-state index contributed by atoms with van der Waals surface area (Å²) in [4.78, 5) is 4.44. The fraction of sp³-hybridized carbons (Fsp3) is 0. The Labute approximate surface area is 101 Å². The van der Waals surface area contributed by atoms with Gasteiger partial charge in [0.05, 0.1) is 0 Å². The molecular weight excluding hydrogens is 266 g/mol. The van der Waals surface area contributed by atoms with Crippen LogP contribution in [0.1, 0.15) is 0 Å². The van der Waals surface area contributed by atoms with Crippen molar-refractivity contribution in [2.75, 3.05) is 0 Å². The third kappa shape index (κ3) is 1.63. The maximum Gasteiger partial charge on any atom is 0.227 e. The summed E-state index contributed by atoms with van der Waals surface area (Å²) in [5.74, 6) is 0.661. The monoisotopic (exact) mass is 273 g/mol. The fourth-order valence-corrected chi connectivity index (χ4v) is 1.94. The average molecular weight is 274 g/mol. The molecule has 3 heteroatoms. The number of hydrogen-bond donors (Lipinski definition) is 0. The van der Waals surface area contributed by atoms with Gasteiger partial charge in [-0.3, -0.25) is 0 Å². The third-order valence-electron chi connectivity index (χ3n) is 2.37. The van der Waals surface area contributed by atoms with E-state index in [4.69, 9.17) is 4.42 Å². The van der Waals surface area contributed by atoms with Crippen molar-refractivity contribution in [3.63, 3.8) is 0 Å². The zero-order valence-electron chi connectivity index (χ0n) is 8.35. The van der Waals surface area contributed by atoms with Crippen molar-refractivity contribution in [3.8, 4) is 11.5 Å². The zero-order valence-corrected chi connectivity index (χ0v) is 9.94. The lowest BCUT2D eigenvalue weighted by Crippen LogP contribution is -1.74. The number of halogens is 1. The highest BCUT2D eigenvalue weighted by molar-refractivity contribution is 9.10. The van der Waals surface area contributed by atoms with Crippen LogP contribution in [0.4, 0.5) is 0 Å². The third-order valence-corrected chi connectivity index (χ3v) is 2.86. The molecular formula is C13H8BrNO. The van der Waals surface area contributed by atoms with E-state index in [0.717, 1.165) is 21.1 Å². The van der Waals surface area contributed by atoms with Crippen molar-refractivity contribution in [1.82, 2.24) is 4.98 Å². The van der Waals surface area contributed by atoms with Crippen molar-refractivity contribution in [3.05, 3.63) is 53.0 Å². The van der Waals surface area contributed by atoms with E-state index in [9.17, 15) is 0 Å². The minimum atomic E-state index is 0.661. The van der Waals surface area contributed by atoms with Crippen LogP contribution >= 0.6 is 15.9 Å². The van der Waals surface area contributed by atoms with Gasteiger partial charge in [-0.1, -0.05) is 34.1 Å². The molecule has 0 atom stereocenters. The van der Waals surface area contributed by atoms with Crippen LogP contribution in [0.5, 0.6) is 0 Å². The fourth-order valence-electron chi connectivity index (χ4n) is 1.60. The topological polar surface area (TPSA) is 26.0 Å². The summed E-state index contributed by atoms with van der Waals surface area (Å²) < 4.78 is 6.69. The van der Waals surface area contributed by atoms with Gasteiger partial charge < -0.3 is 4.42 Å². The zero-order chi connectivity index (χ0) is 11.0. The summed E-state index contributed by atoms with van der Waals surface area (Å²) in [7, 11) is 0. The molecule has 78 valence electrons. The number of aromatic nitrogens is 1. The van der Waals surface area contributed by atoms with E-state index in [-0.39, 0.29) is 0 Å². The van der Waals surface area contributed by atoms with Crippen LogP contribution < -0.4 is 0 Å². The smallest absolute Gasteiger partial charge is 0.227 e. The van der Waals surface area contributed by atoms with E-state index in [0.29, 0.717) is 5.89 Å². The highest BCUT2D eigenvalue weighted by Gasteiger charge is 2.07. The summed E-state index contributed by atoms with van der Waals surface area (Å²) in [5.41, 5.74) is 2.67. The first kappa shape index (κ1) is 9.60. The summed E-state index contributed by atoms with van der Waals surface area (Å²) in [5, 5.41) is 0. The van der Waals surface area contributed by atoms with E-state index in [1.165, 1.54) is 0 Å². The van der Waals surface area contributed by atoms with Gasteiger partial charge in [-0.05, 0) is 30.3 Å². The van der Waals surface area contributed by atoms with Gasteiger partial charge in [0.2, 0.25) is 5.89 Å². The largest absolute Gasteiger partial charge is 0.436 e. The van der Waals surface area contributed by atoms with E-state index >= 15 is 0 Å². The Morgan fingerprint density at radius 2 is 1.81 bits per heavy atom. The molecule has 0 unspecified atom stereocenters. The normalized spacial score (nSPS) is 10.8. The quantitative estimate of drug-likeness (QED) is 0.662. The van der Waals surface area contributed by atoms with Crippen molar-refractivity contribution >= 4 is 27.0 Å². The lowest BCUT2D eigenvalue weighted by molar-refractivity contribution is 0.619. The van der Waals surface area contributed by atoms with Crippen LogP contribution in [0.3, 0.4) is 0 Å². The Balaban J connectivity index is 2.19. The van der Waals surface area contributed by atoms with E-state index in [1.807, 2.05) is 48.5 Å². The molecule has 2 aromatic carbocycles. The van der Waals surface area contributed by atoms with Gasteiger partial charge in [-0.2, -0.15) is 0 Å². The number of hydrogen-bond acceptors (Lipinski definition) is 2. The number of fused-ring (bicyclic) bond motifs is 1. The molecule has 0 N–H and O–H groups in total. The molecule has 2 nitrogen and oxygen atoms in total. The van der Waals surface area contributed by atoms with Crippen molar-refractivity contribution in [1.29, 1.82) is 0 Å². The minimum Gasteiger partial charge on any atom is -0.436 e. The lowest BCUT2D eigenvalue weighted by Gasteiger charge is -1.91. The molecule has 0 saturated heterocycles. The lowest BCUT2D eigenvalue weighted by atomic mass is 10.2. The molecule has 0 aliphatic rings. The molecule has 1 aromatic heterocycles. The predicted octanol–water partition coefficient (Wildman–Crippen LogP) is 4.26. The van der Waals surface area contributed by atoms with Gasteiger partial charge >= 0.3 is 0 Å². The second kappa shape index (κ2) is 3.76. The number of oxazole rings is 1. The molecule has 0 spiro atoms. The van der Waals surface area contributed by atoms with Crippen molar-refractivity contribution in [2.24, 2.45) is 0 Å². The first-order chi connectivity index (χ1) is 7.83. The molecule has 0 saturated carbocycles. The van der Waals surface area contributed by atoms with Crippen LogP contribution in [0.25, 0.3) is 22.6 Å². The molecule has 0 aliphatic carbocycles. The standard InChI is InChI=1S/C13H8BrNO/c14-10-6-7-11-12(8-10)16-13(15-11)9-4-2-1-3-5-9/h1-8H. The van der Waals surface area contributed by atoms with Crippen molar-refractivity contribution < 1.29 is 4.42 Å². The maximum absolute atomic E-state index is 5.69. The molecule has 0 fully saturated rings. The van der Waals surface area contributed by atoms with Gasteiger partial charge in [0.25, 0.3) is 0 Å². The Bertz CT molecular complexity index is 631. The highest BCUT2D eigenvalue weighted by atomic mass is 79.9. The van der Waals surface area contributed by atoms with Gasteiger partial charge in [-0.15, -0.1) is 0 Å². The molecule has 3 aromatic rings. The average Bonchev–Trinajstić information content (AvgIpc) is 2.73. The molecule has 0 radical (unpaired) electrons. The molecule has 0 aliphatic heterocycles. The molecule has 3 rings (SSSR count). The van der Waals surface area contributed by atoms with Crippen molar-refractivity contribution in [2.45, 2.75) is 0 Å². The highest BCUT2D eigenvalue weighted by Crippen LogP contribution is 2.25. The first-order valence-electron chi connectivity index (χ1n) is 4.94. The summed E-state index contributed by atoms with van der Waals surface area (Å²) in [6, 6.07) is 15.7.